The van der Waals surface area contributed by atoms with Crippen LogP contribution in [0.4, 0.5) is 0 Å². The van der Waals surface area contributed by atoms with Gasteiger partial charge >= 0.3 is 0 Å². The van der Waals surface area contributed by atoms with E-state index in [1.165, 1.54) is 11.4 Å². The monoisotopic (exact) mass is 155 g/mol. The lowest BCUT2D eigenvalue weighted by Gasteiger charge is -2.13. The van der Waals surface area contributed by atoms with Gasteiger partial charge in [-0.1, -0.05) is 13.2 Å². The fourth-order valence-corrected chi connectivity index (χ4v) is 1.90. The van der Waals surface area contributed by atoms with Gasteiger partial charge in [-0.05, 0) is 6.26 Å². The number of nitrogens with zero attached hydrogens (tertiary/aromatic N) is 1. The second kappa shape index (κ2) is 2.70. The number of allylic oxidation sites excluding steroid dienone is 1. The van der Waals surface area contributed by atoms with Crippen molar-refractivity contribution >= 4 is 11.8 Å². The van der Waals surface area contributed by atoms with Gasteiger partial charge in [0.1, 0.15) is 0 Å². The third kappa shape index (κ3) is 1.08. The van der Waals surface area contributed by atoms with Gasteiger partial charge < -0.3 is 4.90 Å². The molecular weight excluding hydrogens is 142 g/mol. The predicted octanol–water partition coefficient (Wildman–Crippen LogP) is 2.08. The van der Waals surface area contributed by atoms with E-state index in [0.717, 1.165) is 6.42 Å². The van der Waals surface area contributed by atoms with Crippen LogP contribution in [0.2, 0.25) is 0 Å². The van der Waals surface area contributed by atoms with E-state index >= 15 is 0 Å². The van der Waals surface area contributed by atoms with Gasteiger partial charge in [-0.3, -0.25) is 0 Å². The van der Waals surface area contributed by atoms with E-state index in [1.807, 2.05) is 18.8 Å². The summed E-state index contributed by atoms with van der Waals surface area (Å²) in [7, 11) is 2.03. The zero-order valence-corrected chi connectivity index (χ0v) is 7.37. The molecule has 2 heteroatoms. The molecule has 0 aromatic carbocycles. The summed E-state index contributed by atoms with van der Waals surface area (Å²) in [6.07, 6.45) is 3.18. The van der Waals surface area contributed by atoms with E-state index in [2.05, 4.69) is 24.3 Å². The first kappa shape index (κ1) is 7.73. The minimum atomic E-state index is 0.567. The molecule has 0 N–H and O–H groups in total. The van der Waals surface area contributed by atoms with Gasteiger partial charge in [0.15, 0.2) is 0 Å². The Kier molecular flexibility index (Phi) is 2.09. The van der Waals surface area contributed by atoms with Crippen molar-refractivity contribution in [2.45, 2.75) is 11.7 Å². The van der Waals surface area contributed by atoms with Crippen LogP contribution < -0.4 is 0 Å². The van der Waals surface area contributed by atoms with Gasteiger partial charge in [0.05, 0.1) is 0 Å². The third-order valence-electron chi connectivity index (χ3n) is 1.98. The molecule has 1 aliphatic rings. The summed E-state index contributed by atoms with van der Waals surface area (Å²) in [5, 5.41) is 0.567. The van der Waals surface area contributed by atoms with E-state index in [9.17, 15) is 0 Å². The lowest BCUT2D eigenvalue weighted by atomic mass is 10.3. The quantitative estimate of drug-likeness (QED) is 0.570. The van der Waals surface area contributed by atoms with Crippen LogP contribution in [0.1, 0.15) is 6.42 Å². The third-order valence-corrected chi connectivity index (χ3v) is 2.99. The Morgan fingerprint density at radius 1 is 1.60 bits per heavy atom. The average molecular weight is 155 g/mol. The molecule has 1 atom stereocenters. The van der Waals surface area contributed by atoms with Crippen molar-refractivity contribution in [3.8, 4) is 0 Å². The molecule has 0 amide bonds. The van der Waals surface area contributed by atoms with E-state index in [0.29, 0.717) is 5.25 Å². The Morgan fingerprint density at radius 2 is 2.20 bits per heavy atom. The minimum absolute atomic E-state index is 0.567. The molecule has 0 aromatic rings. The van der Waals surface area contributed by atoms with E-state index in [-0.39, 0.29) is 0 Å². The second-order valence-electron chi connectivity index (χ2n) is 2.55. The van der Waals surface area contributed by atoms with Gasteiger partial charge in [0, 0.05) is 30.1 Å². The van der Waals surface area contributed by atoms with E-state index < -0.39 is 0 Å². The van der Waals surface area contributed by atoms with Crippen LogP contribution in [0.25, 0.3) is 0 Å². The Hall–Kier alpha value is -0.370. The molecule has 0 spiro atoms. The van der Waals surface area contributed by atoms with Crippen LogP contribution in [0.5, 0.6) is 0 Å². The number of likely N-dealkylation sites (tertiary alicyclic amines) is 1. The molecule has 0 radical (unpaired) electrons. The highest BCUT2D eigenvalue weighted by molar-refractivity contribution is 7.99. The molecule has 0 aliphatic carbocycles. The SMILES string of the molecule is C=C1CC(SC)C(=C)N1C. The molecule has 1 rings (SSSR count). The second-order valence-corrected chi connectivity index (χ2v) is 3.59. The Balaban J connectivity index is 2.71. The van der Waals surface area contributed by atoms with Crippen molar-refractivity contribution in [2.24, 2.45) is 0 Å². The summed E-state index contributed by atoms with van der Waals surface area (Å²) in [4.78, 5) is 2.08. The number of rotatable bonds is 1. The number of thioether (sulfide) groups is 1. The molecule has 1 nitrogen and oxygen atoms in total. The molecule has 10 heavy (non-hydrogen) atoms. The Labute approximate surface area is 66.8 Å². The molecule has 0 aromatic heterocycles. The first-order chi connectivity index (χ1) is 4.66. The summed E-state index contributed by atoms with van der Waals surface area (Å²) in [6, 6.07) is 0. The summed E-state index contributed by atoms with van der Waals surface area (Å²) in [5.74, 6) is 0. The van der Waals surface area contributed by atoms with Crippen molar-refractivity contribution in [2.75, 3.05) is 13.3 Å². The Bertz CT molecular complexity index is 174. The lowest BCUT2D eigenvalue weighted by molar-refractivity contribution is 0.565. The number of hydrogen-bond acceptors (Lipinski definition) is 2. The van der Waals surface area contributed by atoms with Gasteiger partial charge in [-0.2, -0.15) is 11.8 Å². The zero-order chi connectivity index (χ0) is 7.72. The average Bonchev–Trinajstić information content (AvgIpc) is 2.17. The van der Waals surface area contributed by atoms with Crippen LogP contribution in [0.3, 0.4) is 0 Å². The highest BCUT2D eigenvalue weighted by Gasteiger charge is 2.25. The maximum Gasteiger partial charge on any atom is 0.0495 e. The van der Waals surface area contributed by atoms with Crippen LogP contribution in [0, 0.1) is 0 Å². The van der Waals surface area contributed by atoms with Crippen LogP contribution in [-0.2, 0) is 0 Å². The van der Waals surface area contributed by atoms with Crippen molar-refractivity contribution in [1.82, 2.24) is 4.90 Å². The van der Waals surface area contributed by atoms with Crippen molar-refractivity contribution in [1.29, 1.82) is 0 Å². The molecule has 0 saturated carbocycles. The van der Waals surface area contributed by atoms with E-state index in [4.69, 9.17) is 0 Å². The fraction of sp³-hybridized carbons (Fsp3) is 0.500. The highest BCUT2D eigenvalue weighted by atomic mass is 32.2. The molecule has 1 unspecified atom stereocenters. The van der Waals surface area contributed by atoms with Crippen molar-refractivity contribution in [3.05, 3.63) is 24.6 Å². The molecule has 1 heterocycles. The highest BCUT2D eigenvalue weighted by Crippen LogP contribution is 2.33. The molecule has 1 fully saturated rings. The predicted molar refractivity (Wildman–Crippen MR) is 48.0 cm³/mol. The topological polar surface area (TPSA) is 3.24 Å². The standard InChI is InChI=1S/C8H13NS/c1-6-5-8(10-4)7(2)9(6)3/h8H,1-2,5H2,3-4H3. The minimum Gasteiger partial charge on any atom is -0.352 e. The summed E-state index contributed by atoms with van der Waals surface area (Å²) in [5.41, 5.74) is 2.38. The number of hydrogen-bond donors (Lipinski definition) is 0. The maximum absolute atomic E-state index is 3.98. The van der Waals surface area contributed by atoms with Crippen LogP contribution >= 0.6 is 11.8 Å². The van der Waals surface area contributed by atoms with Gasteiger partial charge in [-0.25, -0.2) is 0 Å². The summed E-state index contributed by atoms with van der Waals surface area (Å²) >= 11 is 1.85. The van der Waals surface area contributed by atoms with Crippen molar-refractivity contribution < 1.29 is 0 Å². The van der Waals surface area contributed by atoms with Crippen LogP contribution in [-0.4, -0.2) is 23.5 Å². The lowest BCUT2D eigenvalue weighted by Crippen LogP contribution is -2.09. The smallest absolute Gasteiger partial charge is 0.0495 e. The first-order valence-corrected chi connectivity index (χ1v) is 4.58. The fourth-order valence-electron chi connectivity index (χ4n) is 1.11. The summed E-state index contributed by atoms with van der Waals surface area (Å²) < 4.78 is 0. The van der Waals surface area contributed by atoms with Gasteiger partial charge in [0.2, 0.25) is 0 Å². The first-order valence-electron chi connectivity index (χ1n) is 3.30. The molecular formula is C8H13NS. The normalized spacial score (nSPS) is 26.2. The van der Waals surface area contributed by atoms with Crippen LogP contribution in [0.15, 0.2) is 24.6 Å². The van der Waals surface area contributed by atoms with E-state index in [1.54, 1.807) is 0 Å². The van der Waals surface area contributed by atoms with Gasteiger partial charge in [0.25, 0.3) is 0 Å². The molecule has 1 saturated heterocycles. The largest absolute Gasteiger partial charge is 0.352 e. The molecule has 1 aliphatic heterocycles. The maximum atomic E-state index is 3.98. The summed E-state index contributed by atoms with van der Waals surface area (Å²) in [6.45, 7) is 7.92. The Morgan fingerprint density at radius 3 is 2.40 bits per heavy atom. The molecule has 56 valence electrons. The van der Waals surface area contributed by atoms with Crippen molar-refractivity contribution in [3.63, 3.8) is 0 Å². The zero-order valence-electron chi connectivity index (χ0n) is 6.55. The van der Waals surface area contributed by atoms with Gasteiger partial charge in [-0.15, -0.1) is 0 Å². The molecule has 0 bridgehead atoms.